The number of ether oxygens (including phenoxy) is 2. The second-order valence-corrected chi connectivity index (χ2v) is 8.18. The van der Waals surface area contributed by atoms with Crippen molar-refractivity contribution in [2.75, 3.05) is 24.4 Å². The minimum absolute atomic E-state index is 0.00170. The summed E-state index contributed by atoms with van der Waals surface area (Å²) in [6.07, 6.45) is 1.03. The average molecular weight is 438 g/mol. The van der Waals surface area contributed by atoms with E-state index >= 15 is 0 Å². The number of hydrogen-bond acceptors (Lipinski definition) is 6. The molecule has 1 atom stereocenters. The predicted octanol–water partition coefficient (Wildman–Crippen LogP) is 3.93. The molecule has 0 fully saturated rings. The number of nitrogens with zero attached hydrogens (tertiary/aromatic N) is 2. The molecule has 2 amide bonds. The summed E-state index contributed by atoms with van der Waals surface area (Å²) in [6.45, 7) is 2.05. The molecule has 1 N–H and O–H groups in total. The van der Waals surface area contributed by atoms with Crippen molar-refractivity contribution < 1.29 is 19.1 Å². The van der Waals surface area contributed by atoms with Crippen LogP contribution in [0.1, 0.15) is 28.5 Å². The number of anilines is 2. The molecule has 0 saturated heterocycles. The first-order valence-corrected chi connectivity index (χ1v) is 10.7. The smallest absolute Gasteiger partial charge is 0.257 e. The van der Waals surface area contributed by atoms with Gasteiger partial charge in [0.2, 0.25) is 5.91 Å². The first-order chi connectivity index (χ1) is 15.0. The number of nitrogens with one attached hydrogen (secondary N) is 1. The fraction of sp³-hybridized carbons (Fsp3) is 0.261. The summed E-state index contributed by atoms with van der Waals surface area (Å²) in [6, 6.07) is 13.0. The van der Waals surface area contributed by atoms with Gasteiger partial charge >= 0.3 is 0 Å². The Morgan fingerprint density at radius 3 is 2.58 bits per heavy atom. The van der Waals surface area contributed by atoms with Crippen LogP contribution in [0.25, 0.3) is 0 Å². The highest BCUT2D eigenvalue weighted by Gasteiger charge is 2.30. The Kier molecular flexibility index (Phi) is 5.90. The standard InChI is InChI=1S/C23H23N3O4S/c1-14-8-15-6-4-5-7-20(15)26(14)21(27)11-17-13-31-23(24-17)25-22(28)16-9-18(29-2)12-19(10-16)30-3/h4-7,9-10,12-14H,8,11H2,1-3H3,(H,24,25,28)/t14-/m1/s1. The quantitative estimate of drug-likeness (QED) is 0.632. The Morgan fingerprint density at radius 2 is 1.87 bits per heavy atom. The highest BCUT2D eigenvalue weighted by molar-refractivity contribution is 7.14. The van der Waals surface area contributed by atoms with Gasteiger partial charge in [-0.15, -0.1) is 11.3 Å². The molecule has 0 saturated carbocycles. The van der Waals surface area contributed by atoms with Crippen molar-refractivity contribution in [1.29, 1.82) is 0 Å². The van der Waals surface area contributed by atoms with Gasteiger partial charge in [0.25, 0.3) is 5.91 Å². The SMILES string of the molecule is COc1cc(OC)cc(C(=O)Nc2nc(CC(=O)N3c4ccccc4C[C@H]3C)cs2)c1. The van der Waals surface area contributed by atoms with E-state index in [4.69, 9.17) is 9.47 Å². The number of rotatable bonds is 6. The molecule has 0 bridgehead atoms. The summed E-state index contributed by atoms with van der Waals surface area (Å²) in [5.41, 5.74) is 3.18. The number of methoxy groups -OCH3 is 2. The van der Waals surface area contributed by atoms with Crippen LogP contribution >= 0.6 is 11.3 Å². The number of carbonyl (C=O) groups excluding carboxylic acids is 2. The van der Waals surface area contributed by atoms with Crippen molar-refractivity contribution in [2.45, 2.75) is 25.8 Å². The minimum Gasteiger partial charge on any atom is -0.497 e. The number of aromatic nitrogens is 1. The third-order valence-corrected chi connectivity index (χ3v) is 6.00. The molecule has 2 aromatic carbocycles. The molecule has 0 spiro atoms. The van der Waals surface area contributed by atoms with Gasteiger partial charge in [-0.2, -0.15) is 0 Å². The Balaban J connectivity index is 1.44. The topological polar surface area (TPSA) is 80.8 Å². The summed E-state index contributed by atoms with van der Waals surface area (Å²) in [5, 5.41) is 5.01. The first-order valence-electron chi connectivity index (χ1n) is 9.87. The fourth-order valence-electron chi connectivity index (χ4n) is 3.74. The van der Waals surface area contributed by atoms with Gasteiger partial charge in [0.1, 0.15) is 11.5 Å². The lowest BCUT2D eigenvalue weighted by atomic mass is 10.1. The van der Waals surface area contributed by atoms with Crippen LogP contribution in [0, 0.1) is 0 Å². The number of benzene rings is 2. The minimum atomic E-state index is -0.327. The molecule has 0 radical (unpaired) electrons. The van der Waals surface area contributed by atoms with E-state index in [1.165, 1.54) is 31.1 Å². The number of fused-ring (bicyclic) bond motifs is 1. The molecule has 1 aliphatic heterocycles. The number of hydrogen-bond donors (Lipinski definition) is 1. The molecule has 8 heteroatoms. The van der Waals surface area contributed by atoms with E-state index in [1.54, 1.807) is 23.6 Å². The Hall–Kier alpha value is -3.39. The predicted molar refractivity (Wildman–Crippen MR) is 120 cm³/mol. The molecule has 160 valence electrons. The van der Waals surface area contributed by atoms with E-state index in [-0.39, 0.29) is 24.3 Å². The van der Waals surface area contributed by atoms with Crippen LogP contribution in [0.5, 0.6) is 11.5 Å². The molecule has 1 aromatic heterocycles. The Bertz CT molecular complexity index is 1110. The van der Waals surface area contributed by atoms with Gasteiger partial charge < -0.3 is 14.4 Å². The summed E-state index contributed by atoms with van der Waals surface area (Å²) in [7, 11) is 3.06. The Morgan fingerprint density at radius 1 is 1.16 bits per heavy atom. The maximum absolute atomic E-state index is 13.0. The Labute approximate surface area is 184 Å². The highest BCUT2D eigenvalue weighted by atomic mass is 32.1. The van der Waals surface area contributed by atoms with Crippen molar-refractivity contribution in [3.8, 4) is 11.5 Å². The van der Waals surface area contributed by atoms with Gasteiger partial charge in [-0.05, 0) is 37.1 Å². The van der Waals surface area contributed by atoms with Gasteiger partial charge in [0, 0.05) is 28.7 Å². The van der Waals surface area contributed by atoms with Crippen molar-refractivity contribution in [2.24, 2.45) is 0 Å². The second kappa shape index (κ2) is 8.77. The largest absolute Gasteiger partial charge is 0.497 e. The molecule has 4 rings (SSSR count). The van der Waals surface area contributed by atoms with Crippen LogP contribution in [0.2, 0.25) is 0 Å². The molecule has 3 aromatic rings. The van der Waals surface area contributed by atoms with Gasteiger partial charge in [0.05, 0.1) is 26.3 Å². The zero-order valence-corrected chi connectivity index (χ0v) is 18.4. The summed E-state index contributed by atoms with van der Waals surface area (Å²) in [5.74, 6) is 0.717. The van der Waals surface area contributed by atoms with Crippen LogP contribution in [0.3, 0.4) is 0 Å². The van der Waals surface area contributed by atoms with Gasteiger partial charge in [-0.25, -0.2) is 4.98 Å². The van der Waals surface area contributed by atoms with Crippen LogP contribution in [-0.2, 0) is 17.6 Å². The normalized spacial score (nSPS) is 14.8. The average Bonchev–Trinajstić information content (AvgIpc) is 3.35. The number of carbonyl (C=O) groups is 2. The van der Waals surface area contributed by atoms with Crippen LogP contribution in [0.15, 0.2) is 47.8 Å². The first kappa shape index (κ1) is 20.9. The van der Waals surface area contributed by atoms with E-state index in [0.29, 0.717) is 27.9 Å². The third-order valence-electron chi connectivity index (χ3n) is 5.19. The van der Waals surface area contributed by atoms with Crippen molar-refractivity contribution >= 4 is 34.0 Å². The maximum atomic E-state index is 13.0. The molecular weight excluding hydrogens is 414 g/mol. The van der Waals surface area contributed by atoms with Crippen LogP contribution in [-0.4, -0.2) is 37.1 Å². The van der Waals surface area contributed by atoms with E-state index in [9.17, 15) is 9.59 Å². The lowest BCUT2D eigenvalue weighted by Crippen LogP contribution is -2.36. The van der Waals surface area contributed by atoms with Crippen LogP contribution < -0.4 is 19.7 Å². The number of amides is 2. The lowest BCUT2D eigenvalue weighted by molar-refractivity contribution is -0.118. The zero-order chi connectivity index (χ0) is 22.0. The van der Waals surface area contributed by atoms with E-state index < -0.39 is 0 Å². The number of para-hydroxylation sites is 1. The van der Waals surface area contributed by atoms with Crippen LogP contribution in [0.4, 0.5) is 10.8 Å². The lowest BCUT2D eigenvalue weighted by Gasteiger charge is -2.22. The summed E-state index contributed by atoms with van der Waals surface area (Å²) >= 11 is 1.29. The van der Waals surface area contributed by atoms with Crippen molar-refractivity contribution in [3.63, 3.8) is 0 Å². The van der Waals surface area contributed by atoms with Crippen molar-refractivity contribution in [1.82, 2.24) is 4.98 Å². The van der Waals surface area contributed by atoms with Gasteiger partial charge in [-0.3, -0.25) is 14.9 Å². The molecule has 1 aliphatic rings. The fourth-order valence-corrected chi connectivity index (χ4v) is 4.44. The van der Waals surface area contributed by atoms with E-state index in [0.717, 1.165) is 12.1 Å². The second-order valence-electron chi connectivity index (χ2n) is 7.32. The number of thiazole rings is 1. The molecule has 31 heavy (non-hydrogen) atoms. The molecule has 0 unspecified atom stereocenters. The summed E-state index contributed by atoms with van der Waals surface area (Å²) < 4.78 is 10.4. The van der Waals surface area contributed by atoms with Crippen molar-refractivity contribution in [3.05, 3.63) is 64.7 Å². The molecule has 7 nitrogen and oxygen atoms in total. The van der Waals surface area contributed by atoms with Gasteiger partial charge in [-0.1, -0.05) is 18.2 Å². The maximum Gasteiger partial charge on any atom is 0.257 e. The zero-order valence-electron chi connectivity index (χ0n) is 17.5. The van der Waals surface area contributed by atoms with E-state index in [2.05, 4.69) is 16.4 Å². The summed E-state index contributed by atoms with van der Waals surface area (Å²) in [4.78, 5) is 31.9. The molecule has 2 heterocycles. The third kappa shape index (κ3) is 4.39. The van der Waals surface area contributed by atoms with E-state index in [1.807, 2.05) is 30.0 Å². The monoisotopic (exact) mass is 437 g/mol. The molecule has 0 aliphatic carbocycles. The molecular formula is C23H23N3O4S. The van der Waals surface area contributed by atoms with Gasteiger partial charge in [0.15, 0.2) is 5.13 Å². The highest BCUT2D eigenvalue weighted by Crippen LogP contribution is 2.32.